The zero-order valence-corrected chi connectivity index (χ0v) is 12.2. The number of nitrogens with zero attached hydrogens (tertiary/aromatic N) is 2. The first-order valence-corrected chi connectivity index (χ1v) is 7.38. The molecular weight excluding hydrogens is 264 g/mol. The van der Waals surface area contributed by atoms with E-state index in [0.717, 1.165) is 25.5 Å². The lowest BCUT2D eigenvalue weighted by atomic mass is 10.0. The van der Waals surface area contributed by atoms with Crippen LogP contribution in [0.25, 0.3) is 0 Å². The van der Waals surface area contributed by atoms with Crippen molar-refractivity contribution in [2.45, 2.75) is 25.8 Å². The maximum absolute atomic E-state index is 12.2. The van der Waals surface area contributed by atoms with Crippen molar-refractivity contribution >= 4 is 11.9 Å². The molecule has 2 N–H and O–H groups in total. The second-order valence-electron chi connectivity index (χ2n) is 5.45. The van der Waals surface area contributed by atoms with E-state index < -0.39 is 0 Å². The summed E-state index contributed by atoms with van der Waals surface area (Å²) in [6.07, 6.45) is 2.89. The van der Waals surface area contributed by atoms with Crippen molar-refractivity contribution in [3.63, 3.8) is 0 Å². The predicted octanol–water partition coefficient (Wildman–Crippen LogP) is 2.23. The largest absolute Gasteiger partial charge is 0.356 e. The fourth-order valence-electron chi connectivity index (χ4n) is 2.52. The van der Waals surface area contributed by atoms with Crippen molar-refractivity contribution in [1.82, 2.24) is 14.9 Å². The summed E-state index contributed by atoms with van der Waals surface area (Å²) in [6.45, 7) is 4.56. The third kappa shape index (κ3) is 3.07. The monoisotopic (exact) mass is 284 g/mol. The number of carbonyl (C=O) groups is 1. The van der Waals surface area contributed by atoms with Crippen LogP contribution in [0.5, 0.6) is 0 Å². The summed E-state index contributed by atoms with van der Waals surface area (Å²) < 4.78 is 2.00. The van der Waals surface area contributed by atoms with Gasteiger partial charge in [-0.25, -0.2) is 4.98 Å². The Hall–Kier alpha value is -2.30. The lowest BCUT2D eigenvalue weighted by Gasteiger charge is -2.14. The molecule has 0 aliphatic carbocycles. The van der Waals surface area contributed by atoms with Gasteiger partial charge in [0.25, 0.3) is 5.91 Å². The van der Waals surface area contributed by atoms with Crippen molar-refractivity contribution < 1.29 is 4.79 Å². The average Bonchev–Trinajstić information content (AvgIpc) is 2.97. The van der Waals surface area contributed by atoms with Gasteiger partial charge in [-0.3, -0.25) is 4.79 Å². The van der Waals surface area contributed by atoms with E-state index in [2.05, 4.69) is 34.7 Å². The number of anilines is 1. The number of amides is 1. The lowest BCUT2D eigenvalue weighted by Crippen LogP contribution is -2.27. The lowest BCUT2D eigenvalue weighted by molar-refractivity contribution is 0.0947. The first-order chi connectivity index (χ1) is 10.2. The Balaban J connectivity index is 1.60. The minimum absolute atomic E-state index is 0.110. The Morgan fingerprint density at radius 2 is 2.24 bits per heavy atom. The van der Waals surface area contributed by atoms with Gasteiger partial charge in [0.15, 0.2) is 0 Å². The Bertz CT molecular complexity index is 597. The second-order valence-corrected chi connectivity index (χ2v) is 5.45. The third-order valence-electron chi connectivity index (χ3n) is 3.81. The Labute approximate surface area is 124 Å². The van der Waals surface area contributed by atoms with E-state index in [-0.39, 0.29) is 11.8 Å². The summed E-state index contributed by atoms with van der Waals surface area (Å²) in [5.74, 6) is 0.967. The fraction of sp³-hybridized carbons (Fsp3) is 0.375. The summed E-state index contributed by atoms with van der Waals surface area (Å²) in [5.41, 5.74) is 1.71. The Morgan fingerprint density at radius 3 is 3.00 bits per heavy atom. The quantitative estimate of drug-likeness (QED) is 0.905. The van der Waals surface area contributed by atoms with Gasteiger partial charge in [-0.2, -0.15) is 0 Å². The SMILES string of the molecule is CC(CNC(=O)c1cn2c(n1)NCCC2)c1ccccc1. The molecule has 3 rings (SSSR count). The molecule has 2 aromatic rings. The molecule has 1 aromatic heterocycles. The minimum atomic E-state index is -0.110. The number of hydrogen-bond donors (Lipinski definition) is 2. The average molecular weight is 284 g/mol. The molecule has 21 heavy (non-hydrogen) atoms. The van der Waals surface area contributed by atoms with Crippen LogP contribution >= 0.6 is 0 Å². The van der Waals surface area contributed by atoms with Crippen LogP contribution in [0.15, 0.2) is 36.5 Å². The van der Waals surface area contributed by atoms with Crippen LogP contribution in [0, 0.1) is 0 Å². The Morgan fingerprint density at radius 1 is 1.43 bits per heavy atom. The Kier molecular flexibility index (Phi) is 3.90. The molecular formula is C16H20N4O. The molecule has 1 amide bonds. The smallest absolute Gasteiger partial charge is 0.271 e. The molecule has 1 aromatic carbocycles. The number of benzene rings is 1. The molecule has 1 aliphatic heterocycles. The number of fused-ring (bicyclic) bond motifs is 1. The van der Waals surface area contributed by atoms with Gasteiger partial charge in [0.1, 0.15) is 5.69 Å². The van der Waals surface area contributed by atoms with Crippen LogP contribution in [0.2, 0.25) is 0 Å². The van der Waals surface area contributed by atoms with Gasteiger partial charge in [-0.05, 0) is 17.9 Å². The molecule has 0 saturated heterocycles. The standard InChI is InChI=1S/C16H20N4O/c1-12(13-6-3-2-4-7-13)10-18-15(21)14-11-20-9-5-8-17-16(20)19-14/h2-4,6-7,11-12H,5,8-10H2,1H3,(H,17,19)(H,18,21). The normalized spacial score (nSPS) is 14.9. The van der Waals surface area contributed by atoms with Crippen molar-refractivity contribution in [2.24, 2.45) is 0 Å². The van der Waals surface area contributed by atoms with E-state index in [1.54, 1.807) is 0 Å². The molecule has 0 spiro atoms. The van der Waals surface area contributed by atoms with E-state index >= 15 is 0 Å². The molecule has 0 bridgehead atoms. The third-order valence-corrected chi connectivity index (χ3v) is 3.81. The van der Waals surface area contributed by atoms with E-state index in [1.807, 2.05) is 29.0 Å². The van der Waals surface area contributed by atoms with Gasteiger partial charge in [-0.1, -0.05) is 37.3 Å². The topological polar surface area (TPSA) is 59.0 Å². The van der Waals surface area contributed by atoms with Gasteiger partial charge in [-0.15, -0.1) is 0 Å². The maximum Gasteiger partial charge on any atom is 0.271 e. The van der Waals surface area contributed by atoms with Gasteiger partial charge in [0.05, 0.1) is 0 Å². The van der Waals surface area contributed by atoms with Gasteiger partial charge in [0.2, 0.25) is 5.95 Å². The molecule has 110 valence electrons. The summed E-state index contributed by atoms with van der Waals surface area (Å²) in [5, 5.41) is 6.16. The number of rotatable bonds is 4. The maximum atomic E-state index is 12.2. The summed E-state index contributed by atoms with van der Waals surface area (Å²) in [6, 6.07) is 10.2. The zero-order valence-electron chi connectivity index (χ0n) is 12.2. The highest BCUT2D eigenvalue weighted by Gasteiger charge is 2.17. The zero-order chi connectivity index (χ0) is 14.7. The van der Waals surface area contributed by atoms with Crippen LogP contribution in [0.1, 0.15) is 35.3 Å². The van der Waals surface area contributed by atoms with E-state index in [0.29, 0.717) is 12.2 Å². The molecule has 5 nitrogen and oxygen atoms in total. The molecule has 5 heteroatoms. The second kappa shape index (κ2) is 5.99. The van der Waals surface area contributed by atoms with Crippen molar-refractivity contribution in [2.75, 3.05) is 18.4 Å². The molecule has 0 radical (unpaired) electrons. The van der Waals surface area contributed by atoms with Crippen molar-refractivity contribution in [3.8, 4) is 0 Å². The minimum Gasteiger partial charge on any atom is -0.356 e. The van der Waals surface area contributed by atoms with Crippen molar-refractivity contribution in [1.29, 1.82) is 0 Å². The molecule has 0 saturated carbocycles. The van der Waals surface area contributed by atoms with E-state index in [1.165, 1.54) is 5.56 Å². The first kappa shape index (κ1) is 13.7. The highest BCUT2D eigenvalue weighted by atomic mass is 16.1. The number of carbonyl (C=O) groups excluding carboxylic acids is 1. The van der Waals surface area contributed by atoms with Gasteiger partial charge >= 0.3 is 0 Å². The summed E-state index contributed by atoms with van der Waals surface area (Å²) >= 11 is 0. The number of imidazole rings is 1. The number of aromatic nitrogens is 2. The van der Waals surface area contributed by atoms with Crippen molar-refractivity contribution in [3.05, 3.63) is 47.8 Å². The first-order valence-electron chi connectivity index (χ1n) is 7.38. The van der Waals surface area contributed by atoms with Crippen LogP contribution < -0.4 is 10.6 Å². The number of aryl methyl sites for hydroxylation is 1. The van der Waals surface area contributed by atoms with Gasteiger partial charge in [0, 0.05) is 25.8 Å². The highest BCUT2D eigenvalue weighted by molar-refractivity contribution is 5.92. The summed E-state index contributed by atoms with van der Waals surface area (Å²) in [4.78, 5) is 16.5. The molecule has 1 atom stereocenters. The summed E-state index contributed by atoms with van der Waals surface area (Å²) in [7, 11) is 0. The molecule has 0 fully saturated rings. The molecule has 1 unspecified atom stereocenters. The fourth-order valence-corrected chi connectivity index (χ4v) is 2.52. The number of hydrogen-bond acceptors (Lipinski definition) is 3. The molecule has 1 aliphatic rings. The molecule has 2 heterocycles. The van der Waals surface area contributed by atoms with Crippen LogP contribution in [0.3, 0.4) is 0 Å². The van der Waals surface area contributed by atoms with Crippen LogP contribution in [-0.4, -0.2) is 28.5 Å². The van der Waals surface area contributed by atoms with Crippen LogP contribution in [-0.2, 0) is 6.54 Å². The predicted molar refractivity (Wildman–Crippen MR) is 82.5 cm³/mol. The van der Waals surface area contributed by atoms with Crippen LogP contribution in [0.4, 0.5) is 5.95 Å². The highest BCUT2D eigenvalue weighted by Crippen LogP contribution is 2.15. The number of nitrogens with one attached hydrogen (secondary N) is 2. The van der Waals surface area contributed by atoms with Gasteiger partial charge < -0.3 is 15.2 Å². The van der Waals surface area contributed by atoms with E-state index in [9.17, 15) is 4.79 Å². The van der Waals surface area contributed by atoms with E-state index in [4.69, 9.17) is 0 Å².